The van der Waals surface area contributed by atoms with Crippen LogP contribution < -0.4 is 10.5 Å². The molecule has 1 aliphatic rings. The van der Waals surface area contributed by atoms with E-state index in [-0.39, 0.29) is 6.10 Å². The first-order chi connectivity index (χ1) is 10.1. The number of hydrogen-bond acceptors (Lipinski definition) is 3. The highest BCUT2D eigenvalue weighted by Crippen LogP contribution is 2.36. The van der Waals surface area contributed by atoms with Crippen molar-refractivity contribution in [3.8, 4) is 5.75 Å². The van der Waals surface area contributed by atoms with Gasteiger partial charge in [0, 0.05) is 5.02 Å². The fraction of sp³-hybridized carbons (Fsp3) is 0.250. The third-order valence-corrected chi connectivity index (χ3v) is 4.32. The molecule has 1 unspecified atom stereocenters. The van der Waals surface area contributed by atoms with Crippen LogP contribution >= 0.6 is 27.5 Å². The molecule has 1 heterocycles. The summed E-state index contributed by atoms with van der Waals surface area (Å²) >= 11 is 9.37. The second-order valence-electron chi connectivity index (χ2n) is 4.93. The van der Waals surface area contributed by atoms with E-state index in [2.05, 4.69) is 34.1 Å². The molecule has 0 saturated carbocycles. The smallest absolute Gasteiger partial charge is 0.156 e. The summed E-state index contributed by atoms with van der Waals surface area (Å²) in [7, 11) is 0. The predicted molar refractivity (Wildman–Crippen MR) is 87.9 cm³/mol. The second kappa shape index (κ2) is 6.26. The van der Waals surface area contributed by atoms with E-state index in [0.717, 1.165) is 10.9 Å². The van der Waals surface area contributed by atoms with Gasteiger partial charge in [-0.25, -0.2) is 0 Å². The lowest BCUT2D eigenvalue weighted by Gasteiger charge is -2.26. The lowest BCUT2D eigenvalue weighted by molar-refractivity contribution is 0.0102. The van der Waals surface area contributed by atoms with Gasteiger partial charge in [-0.2, -0.15) is 0 Å². The third kappa shape index (κ3) is 3.18. The van der Waals surface area contributed by atoms with Gasteiger partial charge in [-0.3, -0.25) is 0 Å². The van der Waals surface area contributed by atoms with Crippen molar-refractivity contribution >= 4 is 33.2 Å². The average molecular weight is 369 g/mol. The second-order valence-corrected chi connectivity index (χ2v) is 6.22. The van der Waals surface area contributed by atoms with Gasteiger partial charge >= 0.3 is 0 Å². The van der Waals surface area contributed by atoms with E-state index in [1.54, 1.807) is 12.1 Å². The molecular formula is C16H15BrClNO2. The fourth-order valence-electron chi connectivity index (χ4n) is 2.51. The van der Waals surface area contributed by atoms with Crippen molar-refractivity contribution in [2.75, 3.05) is 18.9 Å². The van der Waals surface area contributed by atoms with E-state index >= 15 is 0 Å². The monoisotopic (exact) mass is 367 g/mol. The minimum absolute atomic E-state index is 0.0723. The van der Waals surface area contributed by atoms with Gasteiger partial charge in [-0.15, -0.1) is 0 Å². The molecule has 0 radical (unpaired) electrons. The Hall–Kier alpha value is -1.23. The number of halogens is 2. The van der Waals surface area contributed by atoms with Gasteiger partial charge in [0.25, 0.3) is 0 Å². The van der Waals surface area contributed by atoms with Gasteiger partial charge in [-0.05, 0) is 45.6 Å². The maximum absolute atomic E-state index is 5.95. The molecule has 0 aliphatic carbocycles. The van der Waals surface area contributed by atoms with Gasteiger partial charge in [0.1, 0.15) is 12.7 Å². The summed E-state index contributed by atoms with van der Waals surface area (Å²) < 4.78 is 12.4. The molecule has 3 rings (SSSR count). The first-order valence-electron chi connectivity index (χ1n) is 6.72. The van der Waals surface area contributed by atoms with Crippen molar-refractivity contribution in [2.45, 2.75) is 12.5 Å². The van der Waals surface area contributed by atoms with Gasteiger partial charge in [0.2, 0.25) is 0 Å². The summed E-state index contributed by atoms with van der Waals surface area (Å²) in [6.45, 7) is 1.13. The SMILES string of the molecule is Nc1cc(Cl)cc(Br)c1OCC1OCCc2ccccc21. The van der Waals surface area contributed by atoms with Gasteiger partial charge in [0.15, 0.2) is 5.75 Å². The number of benzene rings is 2. The molecule has 2 N–H and O–H groups in total. The van der Waals surface area contributed by atoms with Crippen molar-refractivity contribution in [2.24, 2.45) is 0 Å². The van der Waals surface area contributed by atoms with Crippen molar-refractivity contribution in [1.29, 1.82) is 0 Å². The summed E-state index contributed by atoms with van der Waals surface area (Å²) in [5, 5.41) is 0.575. The molecule has 2 aromatic carbocycles. The largest absolute Gasteiger partial charge is 0.487 e. The summed E-state index contributed by atoms with van der Waals surface area (Å²) in [6, 6.07) is 11.7. The third-order valence-electron chi connectivity index (χ3n) is 3.51. The summed E-state index contributed by atoms with van der Waals surface area (Å²) in [4.78, 5) is 0. The molecule has 0 bridgehead atoms. The highest BCUT2D eigenvalue weighted by Gasteiger charge is 2.21. The van der Waals surface area contributed by atoms with Crippen LogP contribution in [0.2, 0.25) is 5.02 Å². The van der Waals surface area contributed by atoms with E-state index in [1.807, 2.05) is 6.07 Å². The Kier molecular flexibility index (Phi) is 4.38. The summed E-state index contributed by atoms with van der Waals surface area (Å²) in [5.74, 6) is 0.603. The minimum atomic E-state index is -0.0723. The Morgan fingerprint density at radius 3 is 2.95 bits per heavy atom. The lowest BCUT2D eigenvalue weighted by atomic mass is 9.98. The van der Waals surface area contributed by atoms with Gasteiger partial charge in [-0.1, -0.05) is 35.9 Å². The zero-order valence-electron chi connectivity index (χ0n) is 11.3. The van der Waals surface area contributed by atoms with Crippen LogP contribution in [0.5, 0.6) is 5.75 Å². The average Bonchev–Trinajstić information content (AvgIpc) is 2.46. The molecule has 5 heteroatoms. The number of fused-ring (bicyclic) bond motifs is 1. The molecule has 0 fully saturated rings. The van der Waals surface area contributed by atoms with Crippen LogP contribution in [0.3, 0.4) is 0 Å². The van der Waals surface area contributed by atoms with Crippen molar-refractivity contribution in [1.82, 2.24) is 0 Å². The number of anilines is 1. The van der Waals surface area contributed by atoms with Crippen LogP contribution in [0.4, 0.5) is 5.69 Å². The van der Waals surface area contributed by atoms with Crippen LogP contribution in [-0.4, -0.2) is 13.2 Å². The van der Waals surface area contributed by atoms with Crippen molar-refractivity contribution in [3.63, 3.8) is 0 Å². The Morgan fingerprint density at radius 1 is 1.33 bits per heavy atom. The molecule has 21 heavy (non-hydrogen) atoms. The Labute approximate surface area is 137 Å². The Balaban J connectivity index is 1.78. The zero-order valence-corrected chi connectivity index (χ0v) is 13.7. The van der Waals surface area contributed by atoms with Crippen LogP contribution in [0.15, 0.2) is 40.9 Å². The molecule has 0 aromatic heterocycles. The summed E-state index contributed by atoms with van der Waals surface area (Å²) in [5.41, 5.74) is 8.97. The molecule has 1 atom stereocenters. The molecule has 0 spiro atoms. The van der Waals surface area contributed by atoms with Gasteiger partial charge in [0.05, 0.1) is 16.8 Å². The first-order valence-corrected chi connectivity index (χ1v) is 7.89. The maximum Gasteiger partial charge on any atom is 0.156 e. The summed E-state index contributed by atoms with van der Waals surface area (Å²) in [6.07, 6.45) is 0.872. The Bertz CT molecular complexity index is 639. The number of ether oxygens (including phenoxy) is 2. The number of nitrogen functional groups attached to an aromatic ring is 1. The molecule has 0 saturated heterocycles. The number of rotatable bonds is 3. The van der Waals surface area contributed by atoms with Crippen LogP contribution in [-0.2, 0) is 11.2 Å². The molecule has 2 aromatic rings. The first kappa shape index (κ1) is 14.7. The van der Waals surface area contributed by atoms with E-state index in [0.29, 0.717) is 29.7 Å². The molecule has 3 nitrogen and oxygen atoms in total. The van der Waals surface area contributed by atoms with Gasteiger partial charge < -0.3 is 15.2 Å². The van der Waals surface area contributed by atoms with Crippen molar-refractivity contribution in [3.05, 3.63) is 57.0 Å². The maximum atomic E-state index is 5.95. The fourth-order valence-corrected chi connectivity index (χ4v) is 3.45. The van der Waals surface area contributed by atoms with Crippen LogP contribution in [0, 0.1) is 0 Å². The minimum Gasteiger partial charge on any atom is -0.487 e. The molecule has 1 aliphatic heterocycles. The van der Waals surface area contributed by atoms with Crippen LogP contribution in [0.1, 0.15) is 17.2 Å². The van der Waals surface area contributed by atoms with E-state index < -0.39 is 0 Å². The lowest BCUT2D eigenvalue weighted by Crippen LogP contribution is -2.21. The predicted octanol–water partition coefficient (Wildman–Crippen LogP) is 4.38. The van der Waals surface area contributed by atoms with Crippen molar-refractivity contribution < 1.29 is 9.47 Å². The number of nitrogens with two attached hydrogens (primary N) is 1. The molecular weight excluding hydrogens is 354 g/mol. The van der Waals surface area contributed by atoms with Crippen LogP contribution in [0.25, 0.3) is 0 Å². The highest BCUT2D eigenvalue weighted by molar-refractivity contribution is 9.10. The standard InChI is InChI=1S/C16H15BrClNO2/c17-13-7-11(18)8-14(19)16(13)21-9-15-12-4-2-1-3-10(12)5-6-20-15/h1-4,7-8,15H,5-6,9,19H2. The van der Waals surface area contributed by atoms with E-state index in [9.17, 15) is 0 Å². The highest BCUT2D eigenvalue weighted by atomic mass is 79.9. The number of hydrogen-bond donors (Lipinski definition) is 1. The molecule has 110 valence electrons. The quantitative estimate of drug-likeness (QED) is 0.818. The topological polar surface area (TPSA) is 44.5 Å². The van der Waals surface area contributed by atoms with E-state index in [4.69, 9.17) is 26.8 Å². The molecule has 0 amide bonds. The van der Waals surface area contributed by atoms with E-state index in [1.165, 1.54) is 11.1 Å². The normalized spacial score (nSPS) is 17.3. The Morgan fingerprint density at radius 2 is 2.14 bits per heavy atom. The zero-order chi connectivity index (χ0) is 14.8.